The van der Waals surface area contributed by atoms with E-state index in [1.165, 1.54) is 0 Å². The highest BCUT2D eigenvalue weighted by molar-refractivity contribution is 5.97. The van der Waals surface area contributed by atoms with E-state index in [1.807, 2.05) is 48.5 Å². The Labute approximate surface area is 184 Å². The summed E-state index contributed by atoms with van der Waals surface area (Å²) >= 11 is 0. The summed E-state index contributed by atoms with van der Waals surface area (Å²) in [6.45, 7) is 5.56. The summed E-state index contributed by atoms with van der Waals surface area (Å²) < 4.78 is 11.6. The van der Waals surface area contributed by atoms with Gasteiger partial charge in [0, 0.05) is 0 Å². The van der Waals surface area contributed by atoms with Gasteiger partial charge in [-0.05, 0) is 37.1 Å². The zero-order valence-electron chi connectivity index (χ0n) is 18.4. The van der Waals surface area contributed by atoms with Crippen molar-refractivity contribution in [1.29, 1.82) is 5.26 Å². The van der Waals surface area contributed by atoms with Crippen LogP contribution in [0.4, 0.5) is 11.4 Å². The van der Waals surface area contributed by atoms with Crippen LogP contribution in [0.5, 0.6) is 11.5 Å². The Balaban J connectivity index is 2.03. The highest BCUT2D eigenvalue weighted by Gasteiger charge is 2.05. The third-order valence-electron chi connectivity index (χ3n) is 4.40. The molecule has 0 atom stereocenters. The molecule has 2 aromatic carbocycles. The molecule has 0 saturated carbocycles. The van der Waals surface area contributed by atoms with Gasteiger partial charge >= 0.3 is 0 Å². The molecule has 0 spiro atoms. The first kappa shape index (κ1) is 23.9. The highest BCUT2D eigenvalue weighted by atomic mass is 16.5. The third-order valence-corrected chi connectivity index (χ3v) is 4.40. The van der Waals surface area contributed by atoms with Crippen molar-refractivity contribution in [3.8, 4) is 17.6 Å². The highest BCUT2D eigenvalue weighted by Crippen LogP contribution is 2.28. The van der Waals surface area contributed by atoms with Crippen LogP contribution < -0.4 is 14.9 Å². The predicted octanol–water partition coefficient (Wildman–Crippen LogP) is 6.86. The van der Waals surface area contributed by atoms with E-state index < -0.39 is 0 Å². The maximum absolute atomic E-state index is 9.38. The van der Waals surface area contributed by atoms with Crippen LogP contribution in [-0.2, 0) is 0 Å². The molecule has 0 aliphatic carbocycles. The topological polar surface area (TPSA) is 91.4 Å². The molecular formula is C24H31N5O2. The second-order valence-corrected chi connectivity index (χ2v) is 6.93. The predicted molar refractivity (Wildman–Crippen MR) is 124 cm³/mol. The first-order valence-electron chi connectivity index (χ1n) is 10.9. The van der Waals surface area contributed by atoms with Crippen LogP contribution in [0.1, 0.15) is 52.4 Å². The number of hydrogen-bond donors (Lipinski definition) is 1. The number of amidine groups is 1. The average Bonchev–Trinajstić information content (AvgIpc) is 2.81. The smallest absolute Gasteiger partial charge is 0.270 e. The molecule has 0 fully saturated rings. The molecule has 0 bridgehead atoms. The first-order valence-corrected chi connectivity index (χ1v) is 10.9. The number of hydrogen-bond acceptors (Lipinski definition) is 6. The molecule has 0 aromatic heterocycles. The van der Waals surface area contributed by atoms with Gasteiger partial charge in [-0.1, -0.05) is 63.8 Å². The number of rotatable bonds is 13. The maximum Gasteiger partial charge on any atom is 0.270 e. The number of hydrazone groups is 1. The molecule has 0 aliphatic heterocycles. The molecule has 31 heavy (non-hydrogen) atoms. The van der Waals surface area contributed by atoms with E-state index in [1.54, 1.807) is 6.07 Å². The third kappa shape index (κ3) is 8.87. The lowest BCUT2D eigenvalue weighted by Crippen LogP contribution is -2.02. The van der Waals surface area contributed by atoms with Gasteiger partial charge in [0.05, 0.1) is 18.9 Å². The van der Waals surface area contributed by atoms with Gasteiger partial charge in [0.15, 0.2) is 0 Å². The van der Waals surface area contributed by atoms with E-state index in [2.05, 4.69) is 34.6 Å². The van der Waals surface area contributed by atoms with Crippen LogP contribution in [0.3, 0.4) is 0 Å². The number of unbranched alkanes of at least 4 members (excludes halogenated alkanes) is 4. The van der Waals surface area contributed by atoms with Crippen LogP contribution in [-0.4, -0.2) is 19.0 Å². The van der Waals surface area contributed by atoms with Gasteiger partial charge in [-0.15, -0.1) is 15.3 Å². The number of nitrogens with zero attached hydrogens (tertiary/aromatic N) is 4. The number of ether oxygens (including phenoxy) is 2. The number of nitrogens with one attached hydrogen (secondary N) is 1. The molecule has 0 amide bonds. The summed E-state index contributed by atoms with van der Waals surface area (Å²) in [7, 11) is 0. The van der Waals surface area contributed by atoms with Crippen LogP contribution in [0.2, 0.25) is 0 Å². The molecule has 0 saturated heterocycles. The Morgan fingerprint density at radius 2 is 1.48 bits per heavy atom. The molecule has 0 radical (unpaired) electrons. The van der Waals surface area contributed by atoms with Crippen molar-refractivity contribution in [3.05, 3.63) is 48.5 Å². The number of benzene rings is 2. The Hall–Kier alpha value is -3.40. The Kier molecular flexibility index (Phi) is 11.2. The van der Waals surface area contributed by atoms with E-state index >= 15 is 0 Å². The van der Waals surface area contributed by atoms with E-state index in [9.17, 15) is 5.26 Å². The van der Waals surface area contributed by atoms with Crippen LogP contribution >= 0.6 is 0 Å². The number of azo groups is 1. The van der Waals surface area contributed by atoms with Crippen molar-refractivity contribution in [1.82, 2.24) is 0 Å². The summed E-state index contributed by atoms with van der Waals surface area (Å²) in [6.07, 6.45) is 6.48. The van der Waals surface area contributed by atoms with Gasteiger partial charge in [-0.25, -0.2) is 0 Å². The van der Waals surface area contributed by atoms with Gasteiger partial charge in [0.1, 0.15) is 23.3 Å². The van der Waals surface area contributed by atoms with Crippen molar-refractivity contribution in [3.63, 3.8) is 0 Å². The van der Waals surface area contributed by atoms with Gasteiger partial charge in [0.2, 0.25) is 0 Å². The largest absolute Gasteiger partial charge is 0.491 e. The van der Waals surface area contributed by atoms with E-state index in [0.717, 1.165) is 38.5 Å². The summed E-state index contributed by atoms with van der Waals surface area (Å²) in [5.41, 5.74) is 4.09. The monoisotopic (exact) mass is 421 g/mol. The summed E-state index contributed by atoms with van der Waals surface area (Å²) in [5.74, 6) is 1.22. The molecule has 7 nitrogen and oxygen atoms in total. The molecule has 2 aromatic rings. The first-order chi connectivity index (χ1) is 15.3. The quantitative estimate of drug-likeness (QED) is 0.126. The lowest BCUT2D eigenvalue weighted by Gasteiger charge is -2.10. The Morgan fingerprint density at radius 3 is 2.16 bits per heavy atom. The zero-order chi connectivity index (χ0) is 22.2. The fourth-order valence-electron chi connectivity index (χ4n) is 2.70. The Morgan fingerprint density at radius 1 is 0.871 bits per heavy atom. The van der Waals surface area contributed by atoms with E-state index in [0.29, 0.717) is 36.1 Å². The minimum absolute atomic E-state index is 0.0958. The Bertz CT molecular complexity index is 890. The normalized spacial score (nSPS) is 11.3. The standard InChI is InChI=1S/C24H31N5O2/c1-3-5-11-17-30-22-15-9-7-13-20(22)26-28-24(19-25)29-27-21-14-8-10-16-23(21)31-18-12-6-4-2/h7-10,13-16,26H,3-6,11-12,17-18H2,1-2H3. The van der Waals surface area contributed by atoms with Crippen molar-refractivity contribution < 1.29 is 9.47 Å². The van der Waals surface area contributed by atoms with Crippen LogP contribution in [0.25, 0.3) is 0 Å². The summed E-state index contributed by atoms with van der Waals surface area (Å²) in [5, 5.41) is 21.6. The van der Waals surface area contributed by atoms with E-state index in [4.69, 9.17) is 9.47 Å². The fourth-order valence-corrected chi connectivity index (χ4v) is 2.70. The number of para-hydroxylation sites is 3. The summed E-state index contributed by atoms with van der Waals surface area (Å²) in [6, 6.07) is 16.8. The SMILES string of the molecule is CCCCCOc1ccccc1N=NC(C#N)=NNc1ccccc1OCCCCC. The molecule has 0 aliphatic rings. The molecule has 2 rings (SSSR count). The molecule has 7 heteroatoms. The minimum Gasteiger partial charge on any atom is -0.491 e. The van der Waals surface area contributed by atoms with Gasteiger partial charge in [-0.2, -0.15) is 5.26 Å². The van der Waals surface area contributed by atoms with Gasteiger partial charge in [0.25, 0.3) is 5.84 Å². The second kappa shape index (κ2) is 14.6. The lowest BCUT2D eigenvalue weighted by molar-refractivity contribution is 0.307. The molecule has 0 unspecified atom stereocenters. The van der Waals surface area contributed by atoms with Crippen molar-refractivity contribution in [2.24, 2.45) is 15.3 Å². The van der Waals surface area contributed by atoms with Gasteiger partial charge in [-0.3, -0.25) is 5.43 Å². The minimum atomic E-state index is -0.0958. The van der Waals surface area contributed by atoms with Crippen molar-refractivity contribution >= 4 is 17.2 Å². The number of nitriles is 1. The molecule has 1 N–H and O–H groups in total. The fraction of sp³-hybridized carbons (Fsp3) is 0.417. The zero-order valence-corrected chi connectivity index (χ0v) is 18.4. The van der Waals surface area contributed by atoms with E-state index in [-0.39, 0.29) is 5.84 Å². The lowest BCUT2D eigenvalue weighted by atomic mass is 10.2. The molecule has 0 heterocycles. The number of anilines is 1. The molecular weight excluding hydrogens is 390 g/mol. The average molecular weight is 422 g/mol. The maximum atomic E-state index is 9.38. The van der Waals surface area contributed by atoms with Crippen molar-refractivity contribution in [2.45, 2.75) is 52.4 Å². The molecule has 164 valence electrons. The second-order valence-electron chi connectivity index (χ2n) is 6.93. The van der Waals surface area contributed by atoms with Gasteiger partial charge < -0.3 is 9.47 Å². The van der Waals surface area contributed by atoms with Crippen molar-refractivity contribution in [2.75, 3.05) is 18.6 Å². The summed E-state index contributed by atoms with van der Waals surface area (Å²) in [4.78, 5) is 0. The van der Waals surface area contributed by atoms with Crippen LogP contribution in [0, 0.1) is 11.3 Å². The van der Waals surface area contributed by atoms with Crippen LogP contribution in [0.15, 0.2) is 63.9 Å².